The number of nitrogens with two attached hydrogens (primary N) is 1. The zero-order chi connectivity index (χ0) is 13.3. The number of methoxy groups -OCH3 is 1. The second-order valence-corrected chi connectivity index (χ2v) is 6.53. The molecule has 0 aromatic carbocycles. The fraction of sp³-hybridized carbons (Fsp3) is 1.00. The molecule has 0 aromatic rings. The fourth-order valence-electron chi connectivity index (χ4n) is 3.33. The van der Waals surface area contributed by atoms with Gasteiger partial charge in [0, 0.05) is 32.2 Å². The molecule has 106 valence electrons. The van der Waals surface area contributed by atoms with Crippen LogP contribution in [-0.4, -0.2) is 54.5 Å². The number of fused-ring (bicyclic) bond motifs is 1. The molecule has 1 aliphatic heterocycles. The fourth-order valence-corrected chi connectivity index (χ4v) is 3.33. The van der Waals surface area contributed by atoms with Gasteiger partial charge in [0.25, 0.3) is 0 Å². The van der Waals surface area contributed by atoms with Crippen molar-refractivity contribution >= 4 is 0 Å². The van der Waals surface area contributed by atoms with E-state index in [1.54, 1.807) is 7.11 Å². The molecule has 0 aromatic heterocycles. The van der Waals surface area contributed by atoms with Gasteiger partial charge in [-0.15, -0.1) is 0 Å². The summed E-state index contributed by atoms with van der Waals surface area (Å²) in [7, 11) is 1.72. The van der Waals surface area contributed by atoms with Crippen LogP contribution in [0.4, 0.5) is 0 Å². The van der Waals surface area contributed by atoms with Crippen molar-refractivity contribution in [2.24, 2.45) is 17.6 Å². The molecule has 2 rings (SSSR count). The van der Waals surface area contributed by atoms with Crippen LogP contribution >= 0.6 is 0 Å². The molecule has 4 atom stereocenters. The lowest BCUT2D eigenvalue weighted by Crippen LogP contribution is -2.46. The molecule has 4 heteroatoms. The Morgan fingerprint density at radius 2 is 2.11 bits per heavy atom. The van der Waals surface area contributed by atoms with Crippen LogP contribution in [0.3, 0.4) is 0 Å². The molecule has 4 nitrogen and oxygen atoms in total. The van der Waals surface area contributed by atoms with Crippen LogP contribution in [-0.2, 0) is 4.74 Å². The topological polar surface area (TPSA) is 58.7 Å². The Hall–Kier alpha value is -0.160. The first kappa shape index (κ1) is 14.3. The summed E-state index contributed by atoms with van der Waals surface area (Å²) in [5, 5.41) is 9.89. The molecule has 1 saturated carbocycles. The Balaban J connectivity index is 1.76. The van der Waals surface area contributed by atoms with E-state index in [0.717, 1.165) is 32.5 Å². The monoisotopic (exact) mass is 256 g/mol. The van der Waals surface area contributed by atoms with Gasteiger partial charge in [-0.3, -0.25) is 0 Å². The SMILES string of the molecule is COC(C)(C)C(N)CCN1CC2CCC(O)C2C1. The van der Waals surface area contributed by atoms with Crippen LogP contribution < -0.4 is 5.73 Å². The van der Waals surface area contributed by atoms with Crippen molar-refractivity contribution in [3.63, 3.8) is 0 Å². The number of rotatable bonds is 5. The minimum absolute atomic E-state index is 0.0628. The highest BCUT2D eigenvalue weighted by atomic mass is 16.5. The van der Waals surface area contributed by atoms with Crippen LogP contribution in [0, 0.1) is 11.8 Å². The van der Waals surface area contributed by atoms with E-state index in [2.05, 4.69) is 4.90 Å². The third-order valence-corrected chi connectivity index (χ3v) is 5.07. The van der Waals surface area contributed by atoms with Gasteiger partial charge in [0.2, 0.25) is 0 Å². The summed E-state index contributed by atoms with van der Waals surface area (Å²) in [5.74, 6) is 1.23. The number of aliphatic hydroxyl groups excluding tert-OH is 1. The van der Waals surface area contributed by atoms with Gasteiger partial charge in [0.15, 0.2) is 0 Å². The van der Waals surface area contributed by atoms with Crippen molar-refractivity contribution in [1.82, 2.24) is 4.90 Å². The lowest BCUT2D eigenvalue weighted by atomic mass is 9.96. The third kappa shape index (κ3) is 2.87. The average Bonchev–Trinajstić information content (AvgIpc) is 2.88. The number of ether oxygens (including phenoxy) is 1. The molecule has 2 fully saturated rings. The molecule has 2 aliphatic rings. The first-order valence-electron chi connectivity index (χ1n) is 7.15. The van der Waals surface area contributed by atoms with Crippen LogP contribution in [0.5, 0.6) is 0 Å². The molecule has 1 saturated heterocycles. The van der Waals surface area contributed by atoms with Crippen molar-refractivity contribution in [2.45, 2.75) is 50.9 Å². The highest BCUT2D eigenvalue weighted by Crippen LogP contribution is 2.38. The lowest BCUT2D eigenvalue weighted by molar-refractivity contribution is -0.00354. The first-order chi connectivity index (χ1) is 8.44. The van der Waals surface area contributed by atoms with Gasteiger partial charge >= 0.3 is 0 Å². The maximum atomic E-state index is 9.89. The van der Waals surface area contributed by atoms with Crippen LogP contribution in [0.25, 0.3) is 0 Å². The van der Waals surface area contributed by atoms with Gasteiger partial charge in [0.05, 0.1) is 11.7 Å². The van der Waals surface area contributed by atoms with Crippen LogP contribution in [0.15, 0.2) is 0 Å². The van der Waals surface area contributed by atoms with E-state index in [4.69, 9.17) is 10.5 Å². The van der Waals surface area contributed by atoms with E-state index in [1.807, 2.05) is 13.8 Å². The first-order valence-corrected chi connectivity index (χ1v) is 7.15. The average molecular weight is 256 g/mol. The van der Waals surface area contributed by atoms with Crippen molar-refractivity contribution in [3.05, 3.63) is 0 Å². The standard InChI is InChI=1S/C14H28N2O2/c1-14(2,18-3)13(15)6-7-16-8-10-4-5-12(17)11(10)9-16/h10-13,17H,4-9,15H2,1-3H3. The maximum Gasteiger partial charge on any atom is 0.0773 e. The Labute approximate surface area is 110 Å². The van der Waals surface area contributed by atoms with Crippen LogP contribution in [0.1, 0.15) is 33.1 Å². The molecule has 0 bridgehead atoms. The second kappa shape index (κ2) is 5.45. The molecule has 1 heterocycles. The van der Waals surface area contributed by atoms with Crippen molar-refractivity contribution in [2.75, 3.05) is 26.7 Å². The van der Waals surface area contributed by atoms with Crippen LogP contribution in [0.2, 0.25) is 0 Å². The Morgan fingerprint density at radius 3 is 2.72 bits per heavy atom. The maximum absolute atomic E-state index is 9.89. The van der Waals surface area contributed by atoms with E-state index < -0.39 is 0 Å². The Bertz CT molecular complexity index is 283. The van der Waals surface area contributed by atoms with Gasteiger partial charge in [-0.25, -0.2) is 0 Å². The van der Waals surface area contributed by atoms with Crippen molar-refractivity contribution in [3.8, 4) is 0 Å². The zero-order valence-electron chi connectivity index (χ0n) is 11.9. The Morgan fingerprint density at radius 1 is 1.39 bits per heavy atom. The summed E-state index contributed by atoms with van der Waals surface area (Å²) in [6.45, 7) is 7.29. The molecule has 4 unspecified atom stereocenters. The third-order valence-electron chi connectivity index (χ3n) is 5.07. The summed E-state index contributed by atoms with van der Waals surface area (Å²) in [6, 6.07) is 0.0628. The predicted octanol–water partition coefficient (Wildman–Crippen LogP) is 0.832. The van der Waals surface area contributed by atoms with Gasteiger partial charge in [-0.2, -0.15) is 0 Å². The lowest BCUT2D eigenvalue weighted by Gasteiger charge is -2.31. The summed E-state index contributed by atoms with van der Waals surface area (Å²) >= 11 is 0. The molecule has 18 heavy (non-hydrogen) atoms. The van der Waals surface area contributed by atoms with Gasteiger partial charge in [-0.05, 0) is 45.6 Å². The van der Waals surface area contributed by atoms with E-state index in [1.165, 1.54) is 6.42 Å². The highest BCUT2D eigenvalue weighted by molar-refractivity contribution is 4.94. The quantitative estimate of drug-likeness (QED) is 0.765. The van der Waals surface area contributed by atoms with E-state index in [0.29, 0.717) is 11.8 Å². The van der Waals surface area contributed by atoms with E-state index >= 15 is 0 Å². The van der Waals surface area contributed by atoms with E-state index in [-0.39, 0.29) is 17.7 Å². The molecule has 0 radical (unpaired) electrons. The smallest absolute Gasteiger partial charge is 0.0773 e. The number of aliphatic hydroxyl groups is 1. The normalized spacial score (nSPS) is 34.8. The summed E-state index contributed by atoms with van der Waals surface area (Å²) < 4.78 is 5.42. The minimum atomic E-state index is -0.255. The van der Waals surface area contributed by atoms with Crippen molar-refractivity contribution in [1.29, 1.82) is 0 Å². The minimum Gasteiger partial charge on any atom is -0.393 e. The number of nitrogens with zero attached hydrogens (tertiary/aromatic N) is 1. The van der Waals surface area contributed by atoms with Gasteiger partial charge in [0.1, 0.15) is 0 Å². The second-order valence-electron chi connectivity index (χ2n) is 6.53. The molecule has 0 amide bonds. The number of hydrogen-bond acceptors (Lipinski definition) is 4. The molecule has 1 aliphatic carbocycles. The molecular weight excluding hydrogens is 228 g/mol. The van der Waals surface area contributed by atoms with Crippen molar-refractivity contribution < 1.29 is 9.84 Å². The Kier molecular flexibility index (Phi) is 4.32. The highest BCUT2D eigenvalue weighted by Gasteiger charge is 2.41. The number of likely N-dealkylation sites (tertiary alicyclic amines) is 1. The summed E-state index contributed by atoms with van der Waals surface area (Å²) in [6.07, 6.45) is 3.08. The summed E-state index contributed by atoms with van der Waals surface area (Å²) in [5.41, 5.74) is 5.93. The van der Waals surface area contributed by atoms with Gasteiger partial charge < -0.3 is 20.5 Å². The van der Waals surface area contributed by atoms with Gasteiger partial charge in [-0.1, -0.05) is 0 Å². The molecule has 0 spiro atoms. The zero-order valence-corrected chi connectivity index (χ0v) is 11.9. The van der Waals surface area contributed by atoms with E-state index in [9.17, 15) is 5.11 Å². The predicted molar refractivity (Wildman–Crippen MR) is 72.3 cm³/mol. The molecular formula is C14H28N2O2. The number of hydrogen-bond donors (Lipinski definition) is 2. The largest absolute Gasteiger partial charge is 0.393 e. The molecule has 3 N–H and O–H groups in total. The summed E-state index contributed by atoms with van der Waals surface area (Å²) in [4.78, 5) is 2.46.